The van der Waals surface area contributed by atoms with E-state index in [1.807, 2.05) is 25.1 Å². The van der Waals surface area contributed by atoms with Crippen LogP contribution < -0.4 is 9.47 Å². The average molecular weight is 343 g/mol. The van der Waals surface area contributed by atoms with Gasteiger partial charge in [0.05, 0.1) is 13.7 Å². The molecule has 0 saturated carbocycles. The molecule has 2 aliphatic rings. The third-order valence-electron chi connectivity index (χ3n) is 4.85. The van der Waals surface area contributed by atoms with Crippen LogP contribution in [-0.4, -0.2) is 37.0 Å². The Balaban J connectivity index is 1.59. The monoisotopic (exact) mass is 343 g/mol. The highest BCUT2D eigenvalue weighted by Crippen LogP contribution is 2.33. The van der Waals surface area contributed by atoms with Crippen molar-refractivity contribution in [2.75, 3.05) is 20.3 Å². The molecule has 0 bridgehead atoms. The van der Waals surface area contributed by atoms with Gasteiger partial charge in [-0.2, -0.15) is 0 Å². The standard InChI is InChI=1S/C20H25NO4/c1-3-25-18-13-14(10-11-17(18)24-2)7-6-12-21-19(22)15-8-4-5-9-16(15)20(21)23/h10-11,13H,3-9,12H2,1-2H3. The molecule has 0 saturated heterocycles. The molecule has 134 valence electrons. The SMILES string of the molecule is CCOc1cc(CCCN2C(=O)C3=C(CCCC3)C2=O)ccc1OC. The van der Waals surface area contributed by atoms with Gasteiger partial charge >= 0.3 is 0 Å². The zero-order valence-corrected chi connectivity index (χ0v) is 15.0. The lowest BCUT2D eigenvalue weighted by molar-refractivity contribution is -0.137. The average Bonchev–Trinajstić information content (AvgIpc) is 2.87. The highest BCUT2D eigenvalue weighted by molar-refractivity contribution is 6.19. The summed E-state index contributed by atoms with van der Waals surface area (Å²) in [5, 5.41) is 0. The van der Waals surface area contributed by atoms with E-state index in [0.717, 1.165) is 61.0 Å². The first-order chi connectivity index (χ1) is 12.2. The van der Waals surface area contributed by atoms with Crippen LogP contribution in [-0.2, 0) is 16.0 Å². The van der Waals surface area contributed by atoms with Gasteiger partial charge in [-0.3, -0.25) is 14.5 Å². The van der Waals surface area contributed by atoms with Gasteiger partial charge in [0, 0.05) is 17.7 Å². The third kappa shape index (κ3) is 3.55. The summed E-state index contributed by atoms with van der Waals surface area (Å²) in [6.07, 6.45) is 5.07. The highest BCUT2D eigenvalue weighted by Gasteiger charge is 2.38. The smallest absolute Gasteiger partial charge is 0.257 e. The molecular weight excluding hydrogens is 318 g/mol. The van der Waals surface area contributed by atoms with Crippen molar-refractivity contribution in [3.05, 3.63) is 34.9 Å². The normalized spacial score (nSPS) is 17.1. The molecule has 5 nitrogen and oxygen atoms in total. The Kier molecular flexibility index (Phi) is 5.41. The second-order valence-corrected chi connectivity index (χ2v) is 6.45. The molecule has 25 heavy (non-hydrogen) atoms. The lowest BCUT2D eigenvalue weighted by Crippen LogP contribution is -2.32. The first-order valence-corrected chi connectivity index (χ1v) is 9.03. The van der Waals surface area contributed by atoms with E-state index in [1.54, 1.807) is 7.11 Å². The third-order valence-corrected chi connectivity index (χ3v) is 4.85. The fourth-order valence-electron chi connectivity index (χ4n) is 3.58. The van der Waals surface area contributed by atoms with Crippen LogP contribution in [0.15, 0.2) is 29.3 Å². The molecule has 0 spiro atoms. The number of nitrogens with zero attached hydrogens (tertiary/aromatic N) is 1. The quantitative estimate of drug-likeness (QED) is 0.713. The van der Waals surface area contributed by atoms with Gasteiger partial charge in [-0.1, -0.05) is 6.07 Å². The summed E-state index contributed by atoms with van der Waals surface area (Å²) in [5.41, 5.74) is 2.64. The van der Waals surface area contributed by atoms with E-state index >= 15 is 0 Å². The maximum absolute atomic E-state index is 12.4. The largest absolute Gasteiger partial charge is 0.493 e. The van der Waals surface area contributed by atoms with Crippen LogP contribution in [0.2, 0.25) is 0 Å². The molecule has 1 aromatic rings. The predicted octanol–water partition coefficient (Wildman–Crippen LogP) is 3.27. The maximum Gasteiger partial charge on any atom is 0.257 e. The topological polar surface area (TPSA) is 55.8 Å². The minimum atomic E-state index is -0.0653. The zero-order valence-electron chi connectivity index (χ0n) is 15.0. The van der Waals surface area contributed by atoms with E-state index in [0.29, 0.717) is 18.9 Å². The molecule has 2 amide bonds. The van der Waals surface area contributed by atoms with Gasteiger partial charge in [-0.05, 0) is 63.1 Å². The van der Waals surface area contributed by atoms with Gasteiger partial charge < -0.3 is 9.47 Å². The van der Waals surface area contributed by atoms with Crippen LogP contribution >= 0.6 is 0 Å². The molecule has 0 unspecified atom stereocenters. The second-order valence-electron chi connectivity index (χ2n) is 6.45. The van der Waals surface area contributed by atoms with Crippen LogP contribution in [0.1, 0.15) is 44.6 Å². The Morgan fingerprint density at radius 2 is 1.72 bits per heavy atom. The van der Waals surface area contributed by atoms with E-state index in [2.05, 4.69) is 0 Å². The number of carbonyl (C=O) groups is 2. The van der Waals surface area contributed by atoms with Crippen molar-refractivity contribution in [1.29, 1.82) is 0 Å². The maximum atomic E-state index is 12.4. The molecular formula is C20H25NO4. The molecule has 0 N–H and O–H groups in total. The molecule has 1 aliphatic carbocycles. The number of hydrogen-bond acceptors (Lipinski definition) is 4. The Hall–Kier alpha value is -2.30. The molecule has 0 fully saturated rings. The molecule has 1 aliphatic heterocycles. The molecule has 1 heterocycles. The fraction of sp³-hybridized carbons (Fsp3) is 0.500. The summed E-state index contributed by atoms with van der Waals surface area (Å²) in [4.78, 5) is 26.3. The van der Waals surface area contributed by atoms with E-state index in [4.69, 9.17) is 9.47 Å². The first kappa shape index (κ1) is 17.5. The van der Waals surface area contributed by atoms with Crippen molar-refractivity contribution in [3.63, 3.8) is 0 Å². The summed E-state index contributed by atoms with van der Waals surface area (Å²) >= 11 is 0. The van der Waals surface area contributed by atoms with Crippen molar-refractivity contribution in [2.24, 2.45) is 0 Å². The molecule has 1 aromatic carbocycles. The number of imide groups is 1. The molecule has 5 heteroatoms. The van der Waals surface area contributed by atoms with Crippen molar-refractivity contribution < 1.29 is 19.1 Å². The molecule has 0 aromatic heterocycles. The van der Waals surface area contributed by atoms with Gasteiger partial charge in [0.1, 0.15) is 0 Å². The molecule has 0 atom stereocenters. The second kappa shape index (κ2) is 7.72. The Morgan fingerprint density at radius 1 is 1.04 bits per heavy atom. The van der Waals surface area contributed by atoms with Gasteiger partial charge in [0.25, 0.3) is 11.8 Å². The molecule has 0 radical (unpaired) electrons. The fourth-order valence-corrected chi connectivity index (χ4v) is 3.58. The van der Waals surface area contributed by atoms with E-state index in [9.17, 15) is 9.59 Å². The minimum Gasteiger partial charge on any atom is -0.493 e. The zero-order chi connectivity index (χ0) is 17.8. The van der Waals surface area contributed by atoms with Crippen LogP contribution in [0.3, 0.4) is 0 Å². The van der Waals surface area contributed by atoms with E-state index in [-0.39, 0.29) is 11.8 Å². The van der Waals surface area contributed by atoms with Crippen molar-refractivity contribution in [2.45, 2.75) is 45.4 Å². The van der Waals surface area contributed by atoms with Crippen LogP contribution in [0, 0.1) is 0 Å². The first-order valence-electron chi connectivity index (χ1n) is 9.03. The number of methoxy groups -OCH3 is 1. The number of carbonyl (C=O) groups excluding carboxylic acids is 2. The number of rotatable bonds is 7. The van der Waals surface area contributed by atoms with Crippen LogP contribution in [0.25, 0.3) is 0 Å². The number of benzene rings is 1. The number of ether oxygens (including phenoxy) is 2. The van der Waals surface area contributed by atoms with E-state index < -0.39 is 0 Å². The minimum absolute atomic E-state index is 0.0653. The summed E-state index contributed by atoms with van der Waals surface area (Å²) in [6.45, 7) is 2.99. The Morgan fingerprint density at radius 3 is 2.32 bits per heavy atom. The Labute approximate surface area is 148 Å². The summed E-state index contributed by atoms with van der Waals surface area (Å²) in [5.74, 6) is 1.31. The predicted molar refractivity (Wildman–Crippen MR) is 94.7 cm³/mol. The Bertz CT molecular complexity index is 680. The summed E-state index contributed by atoms with van der Waals surface area (Å²) in [7, 11) is 1.62. The highest BCUT2D eigenvalue weighted by atomic mass is 16.5. The van der Waals surface area contributed by atoms with Gasteiger partial charge in [-0.15, -0.1) is 0 Å². The van der Waals surface area contributed by atoms with E-state index in [1.165, 1.54) is 4.90 Å². The van der Waals surface area contributed by atoms with Crippen molar-refractivity contribution in [3.8, 4) is 11.5 Å². The van der Waals surface area contributed by atoms with Crippen LogP contribution in [0.4, 0.5) is 0 Å². The van der Waals surface area contributed by atoms with Crippen LogP contribution in [0.5, 0.6) is 11.5 Å². The molecule has 3 rings (SSSR count). The van der Waals surface area contributed by atoms with Crippen molar-refractivity contribution in [1.82, 2.24) is 4.90 Å². The number of aryl methyl sites for hydroxylation is 1. The van der Waals surface area contributed by atoms with Gasteiger partial charge in [-0.25, -0.2) is 0 Å². The van der Waals surface area contributed by atoms with Crippen molar-refractivity contribution >= 4 is 11.8 Å². The summed E-state index contributed by atoms with van der Waals surface area (Å²) in [6, 6.07) is 5.87. The summed E-state index contributed by atoms with van der Waals surface area (Å²) < 4.78 is 10.9. The van der Waals surface area contributed by atoms with Gasteiger partial charge in [0.15, 0.2) is 11.5 Å². The lowest BCUT2D eigenvalue weighted by Gasteiger charge is -2.15. The van der Waals surface area contributed by atoms with Gasteiger partial charge in [0.2, 0.25) is 0 Å². The number of hydrogen-bond donors (Lipinski definition) is 0. The lowest BCUT2D eigenvalue weighted by atomic mass is 9.93. The number of amides is 2.